The molecule has 0 aromatic heterocycles. The van der Waals surface area contributed by atoms with Crippen LogP contribution in [-0.2, 0) is 10.0 Å². The van der Waals surface area contributed by atoms with Crippen molar-refractivity contribution in [3.05, 3.63) is 23.8 Å². The molecule has 0 spiro atoms. The van der Waals surface area contributed by atoms with Gasteiger partial charge in [-0.05, 0) is 25.0 Å². The van der Waals surface area contributed by atoms with E-state index in [2.05, 4.69) is 0 Å². The molecule has 1 fully saturated rings. The number of hydrogen-bond donors (Lipinski definition) is 1. The second-order valence-electron chi connectivity index (χ2n) is 4.21. The molecule has 0 heterocycles. The Morgan fingerprint density at radius 2 is 2.00 bits per heavy atom. The molecule has 1 aromatic carbocycles. The van der Waals surface area contributed by atoms with Crippen LogP contribution in [0.5, 0.6) is 0 Å². The molecule has 18 heavy (non-hydrogen) atoms. The molecule has 0 atom stereocenters. The topological polar surface area (TPSA) is 63.4 Å². The van der Waals surface area contributed by atoms with Crippen LogP contribution in [-0.4, -0.2) is 25.3 Å². The van der Waals surface area contributed by atoms with Gasteiger partial charge in [-0.3, -0.25) is 0 Å². The Morgan fingerprint density at radius 3 is 2.50 bits per heavy atom. The van der Waals surface area contributed by atoms with Gasteiger partial charge in [-0.25, -0.2) is 17.2 Å². The Balaban J connectivity index is 2.50. The average molecular weight is 276 g/mol. The number of sulfonamides is 1. The lowest BCUT2D eigenvalue weighted by Crippen LogP contribution is -2.33. The van der Waals surface area contributed by atoms with Crippen LogP contribution < -0.4 is 5.73 Å². The molecule has 0 aliphatic heterocycles. The third kappa shape index (κ3) is 2.08. The zero-order valence-corrected chi connectivity index (χ0v) is 10.7. The number of nitrogen functional groups attached to an aromatic ring is 1. The zero-order chi connectivity index (χ0) is 13.5. The van der Waals surface area contributed by atoms with E-state index in [1.165, 1.54) is 4.31 Å². The molecule has 7 heteroatoms. The predicted molar refractivity (Wildman–Crippen MR) is 63.4 cm³/mol. The second-order valence-corrected chi connectivity index (χ2v) is 6.07. The summed E-state index contributed by atoms with van der Waals surface area (Å²) in [6, 6.07) is 1.71. The first-order chi connectivity index (χ1) is 8.39. The molecule has 4 nitrogen and oxygen atoms in total. The summed E-state index contributed by atoms with van der Waals surface area (Å²) in [6.07, 6.45) is 1.54. The normalized spacial score (nSPS) is 16.2. The standard InChI is InChI=1S/C11H14F2N2O2S/c1-2-15(7-3-4-7)18(16,17)9-6-5-8(12)11(14)10(9)13/h5-7H,2-4,14H2,1H3. The maximum absolute atomic E-state index is 13.8. The van der Waals surface area contributed by atoms with Crippen LogP contribution in [0.2, 0.25) is 0 Å². The van der Waals surface area contributed by atoms with Gasteiger partial charge in [-0.15, -0.1) is 0 Å². The molecule has 1 aromatic rings. The Labute approximate surface area is 104 Å². The molecule has 0 radical (unpaired) electrons. The Hall–Kier alpha value is -1.21. The number of benzene rings is 1. The molecule has 0 bridgehead atoms. The van der Waals surface area contributed by atoms with Crippen molar-refractivity contribution in [3.8, 4) is 0 Å². The fourth-order valence-electron chi connectivity index (χ4n) is 1.86. The zero-order valence-electron chi connectivity index (χ0n) is 9.86. The van der Waals surface area contributed by atoms with Gasteiger partial charge in [0, 0.05) is 12.6 Å². The number of hydrogen-bond acceptors (Lipinski definition) is 3. The van der Waals surface area contributed by atoms with Gasteiger partial charge < -0.3 is 5.73 Å². The molecule has 0 amide bonds. The van der Waals surface area contributed by atoms with Crippen LogP contribution in [0.4, 0.5) is 14.5 Å². The quantitative estimate of drug-likeness (QED) is 0.852. The van der Waals surface area contributed by atoms with Gasteiger partial charge in [0.05, 0.1) is 0 Å². The van der Waals surface area contributed by atoms with Crippen LogP contribution in [0.15, 0.2) is 17.0 Å². The van der Waals surface area contributed by atoms with Gasteiger partial charge in [-0.2, -0.15) is 4.31 Å². The summed E-state index contributed by atoms with van der Waals surface area (Å²) < 4.78 is 52.5. The number of nitrogens with zero attached hydrogens (tertiary/aromatic N) is 1. The Bertz CT molecular complexity index is 571. The van der Waals surface area contributed by atoms with E-state index in [-0.39, 0.29) is 12.6 Å². The number of halogens is 2. The highest BCUT2D eigenvalue weighted by Crippen LogP contribution is 2.33. The monoisotopic (exact) mass is 276 g/mol. The Morgan fingerprint density at radius 1 is 1.39 bits per heavy atom. The highest BCUT2D eigenvalue weighted by atomic mass is 32.2. The molecular formula is C11H14F2N2O2S. The van der Waals surface area contributed by atoms with Gasteiger partial charge in [0.1, 0.15) is 16.4 Å². The van der Waals surface area contributed by atoms with Crippen molar-refractivity contribution in [1.82, 2.24) is 4.31 Å². The summed E-state index contributed by atoms with van der Waals surface area (Å²) in [5, 5.41) is 0. The van der Waals surface area contributed by atoms with E-state index >= 15 is 0 Å². The van der Waals surface area contributed by atoms with Crippen molar-refractivity contribution in [2.75, 3.05) is 12.3 Å². The first-order valence-electron chi connectivity index (χ1n) is 5.65. The summed E-state index contributed by atoms with van der Waals surface area (Å²) in [7, 11) is -3.95. The maximum Gasteiger partial charge on any atom is 0.246 e. The van der Waals surface area contributed by atoms with Crippen LogP contribution in [0, 0.1) is 11.6 Å². The molecular weight excluding hydrogens is 262 g/mol. The average Bonchev–Trinajstić information content (AvgIpc) is 3.10. The molecule has 100 valence electrons. The molecule has 2 rings (SSSR count). The summed E-state index contributed by atoms with van der Waals surface area (Å²) in [5.41, 5.74) is 4.42. The van der Waals surface area contributed by atoms with Crippen molar-refractivity contribution >= 4 is 15.7 Å². The van der Waals surface area contributed by atoms with Gasteiger partial charge >= 0.3 is 0 Å². The van der Waals surface area contributed by atoms with Gasteiger partial charge in [0.15, 0.2) is 5.82 Å². The molecule has 1 aliphatic carbocycles. The summed E-state index contributed by atoms with van der Waals surface area (Å²) in [4.78, 5) is -0.560. The molecule has 0 unspecified atom stereocenters. The largest absolute Gasteiger partial charge is 0.394 e. The number of anilines is 1. The van der Waals surface area contributed by atoms with Gasteiger partial charge in [-0.1, -0.05) is 6.92 Å². The lowest BCUT2D eigenvalue weighted by molar-refractivity contribution is 0.416. The third-order valence-electron chi connectivity index (χ3n) is 2.94. The first-order valence-corrected chi connectivity index (χ1v) is 7.09. The highest BCUT2D eigenvalue weighted by Gasteiger charge is 2.38. The second kappa shape index (κ2) is 4.47. The van der Waals surface area contributed by atoms with Crippen LogP contribution in [0.25, 0.3) is 0 Å². The van der Waals surface area contributed by atoms with Crippen molar-refractivity contribution in [1.29, 1.82) is 0 Å². The smallest absolute Gasteiger partial charge is 0.246 e. The minimum absolute atomic E-state index is 0.0781. The Kier molecular flexibility index (Phi) is 3.29. The minimum atomic E-state index is -3.95. The van der Waals surface area contributed by atoms with Gasteiger partial charge in [0.25, 0.3) is 0 Å². The lowest BCUT2D eigenvalue weighted by atomic mass is 10.3. The van der Waals surface area contributed by atoms with Crippen LogP contribution in [0.1, 0.15) is 19.8 Å². The minimum Gasteiger partial charge on any atom is -0.394 e. The SMILES string of the molecule is CCN(C1CC1)S(=O)(=O)c1ccc(F)c(N)c1F. The van der Waals surface area contributed by atoms with Crippen molar-refractivity contribution < 1.29 is 17.2 Å². The van der Waals surface area contributed by atoms with Crippen molar-refractivity contribution in [2.45, 2.75) is 30.7 Å². The van der Waals surface area contributed by atoms with E-state index in [1.54, 1.807) is 6.92 Å². The molecule has 1 saturated carbocycles. The van der Waals surface area contributed by atoms with E-state index < -0.39 is 32.2 Å². The fourth-order valence-corrected chi connectivity index (χ4v) is 3.63. The maximum atomic E-state index is 13.8. The molecule has 0 saturated heterocycles. The third-order valence-corrected chi connectivity index (χ3v) is 4.99. The van der Waals surface area contributed by atoms with Crippen molar-refractivity contribution in [3.63, 3.8) is 0 Å². The summed E-state index contributed by atoms with van der Waals surface area (Å²) in [5.74, 6) is -2.17. The summed E-state index contributed by atoms with van der Waals surface area (Å²) in [6.45, 7) is 1.93. The molecule has 2 N–H and O–H groups in total. The van der Waals surface area contributed by atoms with E-state index in [0.717, 1.165) is 25.0 Å². The predicted octanol–water partition coefficient (Wildman–Crippen LogP) is 1.72. The van der Waals surface area contributed by atoms with Crippen LogP contribution in [0.3, 0.4) is 0 Å². The summed E-state index contributed by atoms with van der Waals surface area (Å²) >= 11 is 0. The fraction of sp³-hybridized carbons (Fsp3) is 0.455. The van der Waals surface area contributed by atoms with E-state index in [1.807, 2.05) is 0 Å². The first kappa shape index (κ1) is 13.2. The highest BCUT2D eigenvalue weighted by molar-refractivity contribution is 7.89. The number of rotatable bonds is 4. The molecule has 1 aliphatic rings. The van der Waals surface area contributed by atoms with Gasteiger partial charge in [0.2, 0.25) is 10.0 Å². The number of nitrogens with two attached hydrogens (primary N) is 1. The van der Waals surface area contributed by atoms with Crippen LogP contribution >= 0.6 is 0 Å². The lowest BCUT2D eigenvalue weighted by Gasteiger charge is -2.20. The van der Waals surface area contributed by atoms with E-state index in [4.69, 9.17) is 5.73 Å². The van der Waals surface area contributed by atoms with E-state index in [0.29, 0.717) is 0 Å². The van der Waals surface area contributed by atoms with Crippen molar-refractivity contribution in [2.24, 2.45) is 0 Å². The van der Waals surface area contributed by atoms with E-state index in [9.17, 15) is 17.2 Å².